The van der Waals surface area contributed by atoms with Crippen LogP contribution in [-0.4, -0.2) is 48.8 Å². The highest BCUT2D eigenvalue weighted by atomic mass is 16.5. The van der Waals surface area contributed by atoms with E-state index in [2.05, 4.69) is 0 Å². The highest BCUT2D eigenvalue weighted by Crippen LogP contribution is 2.26. The molecule has 0 unspecified atom stereocenters. The van der Waals surface area contributed by atoms with Gasteiger partial charge in [-0.2, -0.15) is 0 Å². The van der Waals surface area contributed by atoms with Crippen molar-refractivity contribution in [2.45, 2.75) is 12.0 Å². The summed E-state index contributed by atoms with van der Waals surface area (Å²) in [4.78, 5) is 12.4. The van der Waals surface area contributed by atoms with Gasteiger partial charge < -0.3 is 14.7 Å². The van der Waals surface area contributed by atoms with Gasteiger partial charge in [0.25, 0.3) is 0 Å². The van der Waals surface area contributed by atoms with Crippen LogP contribution < -0.4 is 0 Å². The maximum absolute atomic E-state index is 10.4. The molecule has 64 valence electrons. The Bertz CT molecular complexity index is 163. The predicted molar refractivity (Wildman–Crippen MR) is 39.5 cm³/mol. The van der Waals surface area contributed by atoms with E-state index in [1.165, 1.54) is 0 Å². The van der Waals surface area contributed by atoms with Crippen LogP contribution in [0.5, 0.6) is 0 Å². The van der Waals surface area contributed by atoms with Crippen LogP contribution in [0.4, 0.5) is 0 Å². The van der Waals surface area contributed by atoms with E-state index in [0.717, 1.165) is 13.1 Å². The van der Waals surface area contributed by atoms with Crippen LogP contribution in [0.25, 0.3) is 0 Å². The highest BCUT2D eigenvalue weighted by molar-refractivity contribution is 5.68. The number of rotatable bonds is 3. The van der Waals surface area contributed by atoms with E-state index in [4.69, 9.17) is 9.84 Å². The largest absolute Gasteiger partial charge is 0.481 e. The molecule has 1 N–H and O–H groups in total. The molecule has 1 aliphatic rings. The number of hydrogen-bond acceptors (Lipinski definition) is 3. The molecule has 0 aromatic rings. The molecule has 0 aliphatic carbocycles. The van der Waals surface area contributed by atoms with Crippen molar-refractivity contribution in [3.8, 4) is 0 Å². The molecule has 1 fully saturated rings. The Morgan fingerprint density at radius 2 is 2.27 bits per heavy atom. The summed E-state index contributed by atoms with van der Waals surface area (Å²) in [6.07, 6.45) is 0.105. The summed E-state index contributed by atoms with van der Waals surface area (Å²) in [5.74, 6) is -0.792. The van der Waals surface area contributed by atoms with Gasteiger partial charge >= 0.3 is 5.97 Å². The molecule has 0 radical (unpaired) electrons. The Morgan fingerprint density at radius 1 is 1.73 bits per heavy atom. The van der Waals surface area contributed by atoms with E-state index >= 15 is 0 Å². The van der Waals surface area contributed by atoms with Crippen molar-refractivity contribution in [1.82, 2.24) is 4.90 Å². The zero-order valence-corrected chi connectivity index (χ0v) is 6.83. The van der Waals surface area contributed by atoms with Crippen molar-refractivity contribution in [1.29, 1.82) is 0 Å². The SMILES string of the molecule is COC1(CC(=O)O)CN(C)C1. The van der Waals surface area contributed by atoms with E-state index in [-0.39, 0.29) is 6.42 Å². The summed E-state index contributed by atoms with van der Waals surface area (Å²) in [6.45, 7) is 1.44. The molecule has 0 bridgehead atoms. The third-order valence-corrected chi connectivity index (χ3v) is 2.02. The first kappa shape index (κ1) is 8.49. The lowest BCUT2D eigenvalue weighted by molar-refractivity contribution is -0.157. The molecule has 1 saturated heterocycles. The number of ether oxygens (including phenoxy) is 1. The van der Waals surface area contributed by atoms with Crippen molar-refractivity contribution >= 4 is 5.97 Å². The van der Waals surface area contributed by atoms with Gasteiger partial charge in [0.1, 0.15) is 5.60 Å². The lowest BCUT2D eigenvalue weighted by Crippen LogP contribution is -2.61. The second kappa shape index (κ2) is 2.79. The zero-order chi connectivity index (χ0) is 8.48. The zero-order valence-electron chi connectivity index (χ0n) is 6.83. The molecule has 0 saturated carbocycles. The monoisotopic (exact) mass is 159 g/mol. The molecule has 1 rings (SSSR count). The molecule has 0 amide bonds. The average molecular weight is 159 g/mol. The van der Waals surface area contributed by atoms with E-state index in [1.807, 2.05) is 11.9 Å². The van der Waals surface area contributed by atoms with Gasteiger partial charge in [-0.3, -0.25) is 4.79 Å². The Hall–Kier alpha value is -0.610. The van der Waals surface area contributed by atoms with Gasteiger partial charge in [0, 0.05) is 20.2 Å². The van der Waals surface area contributed by atoms with Crippen molar-refractivity contribution in [2.75, 3.05) is 27.2 Å². The predicted octanol–water partition coefficient (Wildman–Crippen LogP) is -0.208. The maximum Gasteiger partial charge on any atom is 0.306 e. The molecular weight excluding hydrogens is 146 g/mol. The van der Waals surface area contributed by atoms with Crippen LogP contribution in [0.3, 0.4) is 0 Å². The lowest BCUT2D eigenvalue weighted by Gasteiger charge is -2.46. The quantitative estimate of drug-likeness (QED) is 0.619. The fourth-order valence-corrected chi connectivity index (χ4v) is 1.53. The van der Waals surface area contributed by atoms with Crippen molar-refractivity contribution in [2.24, 2.45) is 0 Å². The number of nitrogens with zero attached hydrogens (tertiary/aromatic N) is 1. The van der Waals surface area contributed by atoms with Crippen molar-refractivity contribution in [3.63, 3.8) is 0 Å². The third-order valence-electron chi connectivity index (χ3n) is 2.02. The van der Waals surface area contributed by atoms with E-state index in [0.29, 0.717) is 0 Å². The minimum Gasteiger partial charge on any atom is -0.481 e. The number of hydrogen-bond donors (Lipinski definition) is 1. The standard InChI is InChI=1S/C7H13NO3/c1-8-4-7(5-8,11-2)3-6(9)10/h3-5H2,1-2H3,(H,9,10). The van der Waals surface area contributed by atoms with E-state index in [9.17, 15) is 4.79 Å². The highest BCUT2D eigenvalue weighted by Gasteiger charge is 2.42. The van der Waals surface area contributed by atoms with Crippen LogP contribution in [0.1, 0.15) is 6.42 Å². The summed E-state index contributed by atoms with van der Waals surface area (Å²) < 4.78 is 5.13. The summed E-state index contributed by atoms with van der Waals surface area (Å²) in [5, 5.41) is 8.53. The molecule has 4 heteroatoms. The van der Waals surface area contributed by atoms with Gasteiger partial charge in [-0.1, -0.05) is 0 Å². The van der Waals surface area contributed by atoms with E-state index in [1.54, 1.807) is 7.11 Å². The first-order chi connectivity index (χ1) is 5.08. The topological polar surface area (TPSA) is 49.8 Å². The molecule has 1 heterocycles. The van der Waals surface area contributed by atoms with Gasteiger partial charge in [-0.15, -0.1) is 0 Å². The average Bonchev–Trinajstić information content (AvgIpc) is 1.82. The Morgan fingerprint density at radius 3 is 2.55 bits per heavy atom. The molecule has 0 aromatic carbocycles. The molecule has 1 aliphatic heterocycles. The van der Waals surface area contributed by atoms with Crippen LogP contribution in [0.2, 0.25) is 0 Å². The first-order valence-corrected chi connectivity index (χ1v) is 3.53. The number of carbonyl (C=O) groups is 1. The normalized spacial score (nSPS) is 22.7. The fraction of sp³-hybridized carbons (Fsp3) is 0.857. The fourth-order valence-electron chi connectivity index (χ4n) is 1.53. The third kappa shape index (κ3) is 1.70. The van der Waals surface area contributed by atoms with Gasteiger partial charge in [0.15, 0.2) is 0 Å². The van der Waals surface area contributed by atoms with E-state index < -0.39 is 11.6 Å². The lowest BCUT2D eigenvalue weighted by atomic mass is 9.91. The number of likely N-dealkylation sites (N-methyl/N-ethyl adjacent to an activating group) is 1. The number of aliphatic carboxylic acids is 1. The minimum absolute atomic E-state index is 0.105. The molecule has 11 heavy (non-hydrogen) atoms. The smallest absolute Gasteiger partial charge is 0.306 e. The van der Waals surface area contributed by atoms with Crippen molar-refractivity contribution < 1.29 is 14.6 Å². The molecule has 0 aromatic heterocycles. The molecule has 4 nitrogen and oxygen atoms in total. The van der Waals surface area contributed by atoms with Gasteiger partial charge in [0.05, 0.1) is 6.42 Å². The summed E-state index contributed by atoms with van der Waals surface area (Å²) in [7, 11) is 3.51. The van der Waals surface area contributed by atoms with Gasteiger partial charge in [-0.25, -0.2) is 0 Å². The van der Waals surface area contributed by atoms with Crippen LogP contribution in [0.15, 0.2) is 0 Å². The summed E-state index contributed by atoms with van der Waals surface area (Å²) >= 11 is 0. The minimum atomic E-state index is -0.792. The number of carboxylic acid groups (broad SMARTS) is 1. The summed E-state index contributed by atoms with van der Waals surface area (Å²) in [5.41, 5.74) is -0.416. The molecule has 0 spiro atoms. The Balaban J connectivity index is 2.44. The van der Waals surface area contributed by atoms with Gasteiger partial charge in [0.2, 0.25) is 0 Å². The first-order valence-electron chi connectivity index (χ1n) is 3.53. The Labute approximate surface area is 65.8 Å². The number of likely N-dealkylation sites (tertiary alicyclic amines) is 1. The summed E-state index contributed by atoms with van der Waals surface area (Å²) in [6, 6.07) is 0. The van der Waals surface area contributed by atoms with Crippen LogP contribution in [0, 0.1) is 0 Å². The Kier molecular flexibility index (Phi) is 2.15. The second-order valence-corrected chi connectivity index (χ2v) is 3.13. The van der Waals surface area contributed by atoms with Gasteiger partial charge in [-0.05, 0) is 7.05 Å². The second-order valence-electron chi connectivity index (χ2n) is 3.13. The maximum atomic E-state index is 10.4. The number of methoxy groups -OCH3 is 1. The molecule has 0 atom stereocenters. The molecular formula is C7H13NO3. The van der Waals surface area contributed by atoms with Crippen LogP contribution >= 0.6 is 0 Å². The van der Waals surface area contributed by atoms with Crippen LogP contribution in [-0.2, 0) is 9.53 Å². The van der Waals surface area contributed by atoms with Crippen molar-refractivity contribution in [3.05, 3.63) is 0 Å². The number of carboxylic acids is 1.